The monoisotopic (exact) mass is 342 g/mol. The highest BCUT2D eigenvalue weighted by Gasteiger charge is 2.50. The molecule has 0 aromatic carbocycles. The van der Waals surface area contributed by atoms with Gasteiger partial charge in [-0.2, -0.15) is 9.83 Å². The lowest BCUT2D eigenvalue weighted by atomic mass is 10.1. The van der Waals surface area contributed by atoms with E-state index in [4.69, 9.17) is 0 Å². The van der Waals surface area contributed by atoms with E-state index in [-0.39, 0.29) is 11.4 Å². The Morgan fingerprint density at radius 2 is 2.24 bits per heavy atom. The van der Waals surface area contributed by atoms with Gasteiger partial charge in [0.2, 0.25) is 12.0 Å². The molecule has 0 unspecified atom stereocenters. The number of carbonyl (C=O) groups is 1. The minimum absolute atomic E-state index is 0.169. The summed E-state index contributed by atoms with van der Waals surface area (Å²) in [6.45, 7) is 5.99. The van der Waals surface area contributed by atoms with Crippen molar-refractivity contribution in [3.8, 4) is 5.82 Å². The van der Waals surface area contributed by atoms with E-state index in [1.807, 2.05) is 20.8 Å². The lowest BCUT2D eigenvalue weighted by Crippen LogP contribution is -2.50. The molecule has 25 heavy (non-hydrogen) atoms. The second-order valence-electron chi connectivity index (χ2n) is 7.93. The Hall–Kier alpha value is -2.48. The molecule has 0 saturated heterocycles. The highest BCUT2D eigenvalue weighted by atomic mass is 16.5. The van der Waals surface area contributed by atoms with E-state index in [9.17, 15) is 10.0 Å². The summed E-state index contributed by atoms with van der Waals surface area (Å²) in [5.74, 6) is 1.30. The molecule has 2 aliphatic rings. The highest BCUT2D eigenvalue weighted by Crippen LogP contribution is 2.57. The molecule has 132 valence electrons. The number of hydrogen-bond acceptors (Lipinski definition) is 5. The van der Waals surface area contributed by atoms with Crippen LogP contribution in [0.3, 0.4) is 0 Å². The first-order chi connectivity index (χ1) is 11.7. The Morgan fingerprint density at radius 1 is 1.48 bits per heavy atom. The first kappa shape index (κ1) is 16.0. The van der Waals surface area contributed by atoms with Gasteiger partial charge in [0.25, 0.3) is 5.91 Å². The summed E-state index contributed by atoms with van der Waals surface area (Å²) in [4.78, 5) is 17.2. The van der Waals surface area contributed by atoms with E-state index < -0.39 is 0 Å². The molecule has 1 saturated carbocycles. The Morgan fingerprint density at radius 3 is 2.92 bits per heavy atom. The van der Waals surface area contributed by atoms with E-state index in [0.717, 1.165) is 24.1 Å². The lowest BCUT2D eigenvalue weighted by Gasteiger charge is -2.28. The molecule has 0 radical (unpaired) electrons. The molecule has 2 aromatic rings. The van der Waals surface area contributed by atoms with Crippen LogP contribution in [0.25, 0.3) is 5.82 Å². The summed E-state index contributed by atoms with van der Waals surface area (Å²) < 4.78 is 2.38. The van der Waals surface area contributed by atoms with Crippen LogP contribution in [0.2, 0.25) is 0 Å². The van der Waals surface area contributed by atoms with Crippen LogP contribution in [0, 0.1) is 11.1 Å². The SMILES string of the molecule is CN(NC(C)(C)C)C(=O)c1nn(-c2c[n+]([O-])ccn2)c2c1C[C@H]1C[C@@H]21. The van der Waals surface area contributed by atoms with Gasteiger partial charge < -0.3 is 5.21 Å². The van der Waals surface area contributed by atoms with Gasteiger partial charge >= 0.3 is 0 Å². The predicted molar refractivity (Wildman–Crippen MR) is 89.9 cm³/mol. The largest absolute Gasteiger partial charge is 0.619 e. The number of rotatable bonds is 3. The summed E-state index contributed by atoms with van der Waals surface area (Å²) in [6, 6.07) is 0. The third kappa shape index (κ3) is 2.76. The molecule has 0 bridgehead atoms. The van der Waals surface area contributed by atoms with Crippen LogP contribution < -0.4 is 10.2 Å². The van der Waals surface area contributed by atoms with Crippen molar-refractivity contribution < 1.29 is 9.52 Å². The summed E-state index contributed by atoms with van der Waals surface area (Å²) in [5.41, 5.74) is 5.41. The number of carbonyl (C=O) groups excluding carboxylic acids is 1. The van der Waals surface area contributed by atoms with Gasteiger partial charge in [0.05, 0.1) is 11.9 Å². The van der Waals surface area contributed by atoms with Crippen LogP contribution in [0.5, 0.6) is 0 Å². The second-order valence-corrected chi connectivity index (χ2v) is 7.93. The van der Waals surface area contributed by atoms with Crippen LogP contribution in [0.1, 0.15) is 54.9 Å². The number of amides is 1. The highest BCUT2D eigenvalue weighted by molar-refractivity contribution is 5.94. The van der Waals surface area contributed by atoms with Crippen molar-refractivity contribution in [3.63, 3.8) is 0 Å². The maximum Gasteiger partial charge on any atom is 0.288 e. The molecule has 2 atom stereocenters. The van der Waals surface area contributed by atoms with E-state index >= 15 is 0 Å². The first-order valence-corrected chi connectivity index (χ1v) is 8.47. The fourth-order valence-corrected chi connectivity index (χ4v) is 3.65. The van der Waals surface area contributed by atoms with Crippen LogP contribution in [-0.4, -0.2) is 38.3 Å². The van der Waals surface area contributed by atoms with Gasteiger partial charge in [-0.05, 0) is 39.5 Å². The minimum atomic E-state index is -0.229. The Bertz CT molecular complexity index is 853. The van der Waals surface area contributed by atoms with Crippen molar-refractivity contribution in [2.45, 2.75) is 45.1 Å². The number of hydrazine groups is 1. The summed E-state index contributed by atoms with van der Waals surface area (Å²) in [5, 5.41) is 17.6. The maximum atomic E-state index is 12.9. The van der Waals surface area contributed by atoms with Crippen molar-refractivity contribution in [1.29, 1.82) is 0 Å². The first-order valence-electron chi connectivity index (χ1n) is 8.47. The van der Waals surface area contributed by atoms with Gasteiger partial charge in [0, 0.05) is 24.1 Å². The smallest absolute Gasteiger partial charge is 0.288 e. The summed E-state index contributed by atoms with van der Waals surface area (Å²) >= 11 is 0. The predicted octanol–water partition coefficient (Wildman–Crippen LogP) is 0.935. The lowest BCUT2D eigenvalue weighted by molar-refractivity contribution is -0.605. The van der Waals surface area contributed by atoms with Gasteiger partial charge in [-0.1, -0.05) is 0 Å². The van der Waals surface area contributed by atoms with E-state index in [1.54, 1.807) is 11.7 Å². The number of aromatic nitrogens is 4. The van der Waals surface area contributed by atoms with Crippen LogP contribution in [0.15, 0.2) is 18.6 Å². The third-order valence-corrected chi connectivity index (χ3v) is 4.65. The number of fused-ring (bicyclic) bond motifs is 3. The van der Waals surface area contributed by atoms with Crippen LogP contribution >= 0.6 is 0 Å². The molecule has 1 amide bonds. The van der Waals surface area contributed by atoms with Gasteiger partial charge in [0.1, 0.15) is 0 Å². The van der Waals surface area contributed by atoms with Gasteiger partial charge in [0.15, 0.2) is 11.9 Å². The fourth-order valence-electron chi connectivity index (χ4n) is 3.65. The van der Waals surface area contributed by atoms with Crippen LogP contribution in [0.4, 0.5) is 0 Å². The van der Waals surface area contributed by atoms with Gasteiger partial charge in [-0.25, -0.2) is 15.1 Å². The molecule has 2 heterocycles. The zero-order valence-corrected chi connectivity index (χ0v) is 14.9. The third-order valence-electron chi connectivity index (χ3n) is 4.65. The molecule has 8 heteroatoms. The van der Waals surface area contributed by atoms with Crippen molar-refractivity contribution in [3.05, 3.63) is 40.7 Å². The average molecular weight is 342 g/mol. The Balaban J connectivity index is 1.74. The van der Waals surface area contributed by atoms with E-state index in [0.29, 0.717) is 28.1 Å². The zero-order chi connectivity index (χ0) is 17.9. The molecule has 2 aliphatic carbocycles. The molecule has 0 spiro atoms. The van der Waals surface area contributed by atoms with Gasteiger partial charge in [-0.15, -0.1) is 0 Å². The van der Waals surface area contributed by atoms with Crippen LogP contribution in [-0.2, 0) is 6.42 Å². The average Bonchev–Trinajstić information content (AvgIpc) is 3.01. The second kappa shape index (κ2) is 5.26. The number of nitrogens with one attached hydrogen (secondary N) is 1. The molecular formula is C17H22N6O2. The molecule has 1 N–H and O–H groups in total. The Kier molecular flexibility index (Phi) is 3.37. The molecule has 1 fully saturated rings. The fraction of sp³-hybridized carbons (Fsp3) is 0.529. The molecule has 4 rings (SSSR count). The number of hydrogen-bond donors (Lipinski definition) is 1. The molecule has 2 aromatic heterocycles. The van der Waals surface area contributed by atoms with E-state index in [2.05, 4.69) is 15.5 Å². The minimum Gasteiger partial charge on any atom is -0.619 e. The van der Waals surface area contributed by atoms with Gasteiger partial charge in [-0.3, -0.25) is 9.80 Å². The summed E-state index contributed by atoms with van der Waals surface area (Å²) in [6.07, 6.45) is 6.15. The maximum absolute atomic E-state index is 12.9. The normalized spacial score (nSPS) is 21.0. The zero-order valence-electron chi connectivity index (χ0n) is 14.9. The van der Waals surface area contributed by atoms with Crippen molar-refractivity contribution >= 4 is 5.91 Å². The molecule has 8 nitrogen and oxygen atoms in total. The topological polar surface area (TPSA) is 90.0 Å². The van der Waals surface area contributed by atoms with E-state index in [1.165, 1.54) is 23.6 Å². The molecular weight excluding hydrogens is 320 g/mol. The Labute approximate surface area is 146 Å². The van der Waals surface area contributed by atoms with Crippen molar-refractivity contribution in [1.82, 2.24) is 25.2 Å². The number of nitrogens with zero attached hydrogens (tertiary/aromatic N) is 5. The van der Waals surface area contributed by atoms with Crippen molar-refractivity contribution in [2.75, 3.05) is 7.05 Å². The summed E-state index contributed by atoms with van der Waals surface area (Å²) in [7, 11) is 1.71. The molecule has 0 aliphatic heterocycles. The standard InChI is InChI=1S/C17H22N6O2/c1-17(2,3)20-21(4)16(24)14-12-8-10-7-11(10)15(12)23(19-14)13-9-22(25)6-5-18-13/h5-6,9-11,20H,7-8H2,1-4H3/t10-,11-/m1/s1. The quantitative estimate of drug-likeness (QED) is 0.509. The van der Waals surface area contributed by atoms with Crippen molar-refractivity contribution in [2.24, 2.45) is 5.92 Å².